The maximum absolute atomic E-state index is 12.2. The molecule has 0 aliphatic heterocycles. The van der Waals surface area contributed by atoms with Crippen molar-refractivity contribution in [3.05, 3.63) is 29.0 Å². The van der Waals surface area contributed by atoms with Crippen molar-refractivity contribution in [3.63, 3.8) is 0 Å². The fraction of sp³-hybridized carbons (Fsp3) is 0.667. The summed E-state index contributed by atoms with van der Waals surface area (Å²) in [7, 11) is 0. The van der Waals surface area contributed by atoms with Gasteiger partial charge in [0.2, 0.25) is 0 Å². The number of benzene rings is 1. The zero-order chi connectivity index (χ0) is 20.7. The molecule has 0 spiro atoms. The molecule has 0 aliphatic rings. The van der Waals surface area contributed by atoms with Crippen LogP contribution in [0.15, 0.2) is 18.2 Å². The molecule has 1 aromatic rings. The van der Waals surface area contributed by atoms with Gasteiger partial charge in [0.05, 0.1) is 6.10 Å². The molecule has 0 aliphatic carbocycles. The van der Waals surface area contributed by atoms with Gasteiger partial charge in [-0.3, -0.25) is 4.79 Å². The van der Waals surface area contributed by atoms with E-state index >= 15 is 0 Å². The highest BCUT2D eigenvalue weighted by molar-refractivity contribution is 6.30. The molecule has 0 fully saturated rings. The normalized spacial score (nSPS) is 11.2. The number of hydrogen-bond acceptors (Lipinski definition) is 3. The molecular weight excluding hydrogens is 355 g/mol. The summed E-state index contributed by atoms with van der Waals surface area (Å²) in [5, 5.41) is 8.87. The number of ether oxygens (including phenoxy) is 1. The number of hydrogen-bond donors (Lipinski definition) is 1. The summed E-state index contributed by atoms with van der Waals surface area (Å²) in [6.45, 7) is 14.4. The largest absolute Gasteiger partial charge is 0.508 e. The van der Waals surface area contributed by atoms with E-state index in [1.54, 1.807) is 0 Å². The predicted octanol–water partition coefficient (Wildman–Crippen LogP) is 7.00. The van der Waals surface area contributed by atoms with Crippen LogP contribution >= 0.6 is 11.6 Å². The lowest BCUT2D eigenvalue weighted by atomic mass is 9.97. The predicted molar refractivity (Wildman–Crippen MR) is 108 cm³/mol. The molecule has 1 rings (SSSR count). The van der Waals surface area contributed by atoms with Crippen molar-refractivity contribution >= 4 is 17.6 Å². The lowest BCUT2D eigenvalue weighted by molar-refractivity contribution is -0.149. The number of carbonyl (C=O) groups is 1. The first-order valence-corrected chi connectivity index (χ1v) is 9.90. The molecule has 5 heteroatoms. The molecule has 0 saturated heterocycles. The topological polar surface area (TPSA) is 46.5 Å². The summed E-state index contributed by atoms with van der Waals surface area (Å²) < 4.78 is 17.5. The molecule has 3 nitrogen and oxygen atoms in total. The average Bonchev–Trinajstić information content (AvgIpc) is 2.52. The smallest absolute Gasteiger partial charge is 0.306 e. The van der Waals surface area contributed by atoms with Crippen LogP contribution in [0.4, 0.5) is 4.39 Å². The molecule has 0 radical (unpaired) electrons. The van der Waals surface area contributed by atoms with Crippen LogP contribution in [0.1, 0.15) is 74.1 Å². The van der Waals surface area contributed by atoms with E-state index in [4.69, 9.17) is 21.4 Å². The van der Waals surface area contributed by atoms with Crippen LogP contribution in [0.25, 0.3) is 0 Å². The first-order valence-electron chi connectivity index (χ1n) is 9.52. The van der Waals surface area contributed by atoms with E-state index in [9.17, 15) is 9.18 Å². The van der Waals surface area contributed by atoms with Gasteiger partial charge in [-0.15, -0.1) is 0 Å². The highest BCUT2D eigenvalue weighted by atomic mass is 35.5. The number of halogens is 2. The Balaban J connectivity index is 0. The Labute approximate surface area is 163 Å². The first kappa shape index (κ1) is 26.9. The Morgan fingerprint density at radius 1 is 1.15 bits per heavy atom. The van der Waals surface area contributed by atoms with Crippen LogP contribution in [0.3, 0.4) is 0 Å². The maximum Gasteiger partial charge on any atom is 0.306 e. The van der Waals surface area contributed by atoms with E-state index in [1.165, 1.54) is 18.9 Å². The van der Waals surface area contributed by atoms with Crippen molar-refractivity contribution in [3.8, 4) is 5.75 Å². The minimum Gasteiger partial charge on any atom is -0.508 e. The van der Waals surface area contributed by atoms with Crippen molar-refractivity contribution in [2.24, 2.45) is 11.8 Å². The zero-order valence-corrected chi connectivity index (χ0v) is 18.1. The van der Waals surface area contributed by atoms with E-state index < -0.39 is 5.82 Å². The molecule has 0 saturated carbocycles. The highest BCUT2D eigenvalue weighted by Crippen LogP contribution is 2.18. The van der Waals surface area contributed by atoms with E-state index in [0.717, 1.165) is 18.6 Å². The van der Waals surface area contributed by atoms with Crippen LogP contribution in [-0.4, -0.2) is 17.2 Å². The van der Waals surface area contributed by atoms with Gasteiger partial charge in [0, 0.05) is 17.5 Å². The minimum atomic E-state index is -0.528. The maximum atomic E-state index is 12.2. The van der Waals surface area contributed by atoms with Gasteiger partial charge in [0.15, 0.2) is 0 Å². The Bertz CT molecular complexity index is 438. The molecular formula is C21H36ClFO3. The van der Waals surface area contributed by atoms with Crippen LogP contribution < -0.4 is 0 Å². The van der Waals surface area contributed by atoms with Gasteiger partial charge in [-0.2, -0.15) is 0 Å². The fourth-order valence-corrected chi connectivity index (χ4v) is 2.50. The Kier molecular flexibility index (Phi) is 16.5. The highest BCUT2D eigenvalue weighted by Gasteiger charge is 2.14. The zero-order valence-electron chi connectivity index (χ0n) is 17.3. The molecule has 26 heavy (non-hydrogen) atoms. The van der Waals surface area contributed by atoms with E-state index in [1.807, 2.05) is 34.6 Å². The number of esters is 1. The van der Waals surface area contributed by atoms with Crippen LogP contribution in [0.5, 0.6) is 5.75 Å². The van der Waals surface area contributed by atoms with Crippen LogP contribution in [-0.2, 0) is 9.53 Å². The number of rotatable bonds is 7. The summed E-state index contributed by atoms with van der Waals surface area (Å²) in [5.74, 6) is 0.341. The van der Waals surface area contributed by atoms with Crippen molar-refractivity contribution in [2.75, 3.05) is 0 Å². The van der Waals surface area contributed by atoms with Gasteiger partial charge in [0.25, 0.3) is 0 Å². The Morgan fingerprint density at radius 3 is 2.08 bits per heavy atom. The number of phenols is 1. The van der Waals surface area contributed by atoms with Crippen LogP contribution in [0, 0.1) is 17.7 Å². The molecule has 152 valence electrons. The quantitative estimate of drug-likeness (QED) is 0.509. The summed E-state index contributed by atoms with van der Waals surface area (Å²) in [6, 6.07) is 3.39. The van der Waals surface area contributed by atoms with Gasteiger partial charge >= 0.3 is 5.97 Å². The van der Waals surface area contributed by atoms with Crippen molar-refractivity contribution in [1.29, 1.82) is 0 Å². The van der Waals surface area contributed by atoms with Crippen molar-refractivity contribution < 1.29 is 19.0 Å². The third-order valence-electron chi connectivity index (χ3n) is 3.57. The number of aromatic hydroxyl groups is 1. The Morgan fingerprint density at radius 2 is 1.69 bits per heavy atom. The van der Waals surface area contributed by atoms with E-state index in [2.05, 4.69) is 13.8 Å². The van der Waals surface area contributed by atoms with Crippen LogP contribution in [0.2, 0.25) is 5.02 Å². The lowest BCUT2D eigenvalue weighted by Gasteiger charge is -2.19. The second-order valence-corrected chi connectivity index (χ2v) is 6.88. The third kappa shape index (κ3) is 15.0. The van der Waals surface area contributed by atoms with Crippen molar-refractivity contribution in [1.82, 2.24) is 0 Å². The van der Waals surface area contributed by atoms with E-state index in [0.29, 0.717) is 18.3 Å². The second kappa shape index (κ2) is 15.9. The molecule has 0 aromatic heterocycles. The summed E-state index contributed by atoms with van der Waals surface area (Å²) in [4.78, 5) is 11.4. The van der Waals surface area contributed by atoms with Gasteiger partial charge in [-0.05, 0) is 37.3 Å². The average molecular weight is 391 g/mol. The molecule has 1 atom stereocenters. The fourth-order valence-electron chi connectivity index (χ4n) is 2.28. The molecule has 0 amide bonds. The SMILES string of the molecule is CC.CCC(CC)CC(C)OC(=O)CC(C)C.Oc1cc(F)cc(Cl)c1. The monoisotopic (exact) mass is 390 g/mol. The molecule has 1 aromatic carbocycles. The molecule has 0 bridgehead atoms. The molecule has 1 unspecified atom stereocenters. The number of phenolic OH excluding ortho intramolecular Hbond substituents is 1. The van der Waals surface area contributed by atoms with Gasteiger partial charge < -0.3 is 9.84 Å². The van der Waals surface area contributed by atoms with E-state index in [-0.39, 0.29) is 22.8 Å². The summed E-state index contributed by atoms with van der Waals surface area (Å²) >= 11 is 5.35. The van der Waals surface area contributed by atoms with Gasteiger partial charge in [-0.25, -0.2) is 4.39 Å². The van der Waals surface area contributed by atoms with Gasteiger partial charge in [0.1, 0.15) is 11.6 Å². The molecule has 1 N–H and O–H groups in total. The lowest BCUT2D eigenvalue weighted by Crippen LogP contribution is -2.19. The summed E-state index contributed by atoms with van der Waals surface area (Å²) in [5.41, 5.74) is 0. The minimum absolute atomic E-state index is 0.0524. The van der Waals surface area contributed by atoms with Gasteiger partial charge in [-0.1, -0.05) is 66.0 Å². The van der Waals surface area contributed by atoms with Crippen molar-refractivity contribution in [2.45, 2.75) is 80.3 Å². The Hall–Kier alpha value is -1.29. The summed E-state index contributed by atoms with van der Waals surface area (Å²) in [6.07, 6.45) is 3.94. The first-order chi connectivity index (χ1) is 12.2. The second-order valence-electron chi connectivity index (χ2n) is 6.44. The molecule has 0 heterocycles. The third-order valence-corrected chi connectivity index (χ3v) is 3.79. The number of carbonyl (C=O) groups excluding carboxylic acids is 1. The standard InChI is InChI=1S/C13H26O2.C6H4ClFO.C2H6/c1-6-12(7-2)9-11(5)15-13(14)8-10(3)4;7-4-1-5(8)3-6(9)2-4;1-2/h10-12H,6-9H2,1-5H3;1-3,9H;1-2H3.